The zero-order chi connectivity index (χ0) is 23.2. The zero-order valence-electron chi connectivity index (χ0n) is 19.1. The Balaban J connectivity index is 1.54. The van der Waals surface area contributed by atoms with Gasteiger partial charge in [-0.3, -0.25) is 9.59 Å². The lowest BCUT2D eigenvalue weighted by Crippen LogP contribution is -2.50. The largest absolute Gasteiger partial charge is 0.423 e. The topological polar surface area (TPSA) is 139 Å². The van der Waals surface area contributed by atoms with Gasteiger partial charge in [0.25, 0.3) is 0 Å². The van der Waals surface area contributed by atoms with Gasteiger partial charge in [0.15, 0.2) is 0 Å². The highest BCUT2D eigenvalue weighted by Crippen LogP contribution is 2.40. The molecule has 2 aromatic rings. The van der Waals surface area contributed by atoms with Gasteiger partial charge < -0.3 is 19.7 Å². The molecule has 4 atom stereocenters. The Morgan fingerprint density at radius 2 is 1.97 bits per heavy atom. The summed E-state index contributed by atoms with van der Waals surface area (Å²) in [6.45, 7) is 9.35. The van der Waals surface area contributed by atoms with Gasteiger partial charge in [-0.1, -0.05) is 26.0 Å². The molecule has 2 fully saturated rings. The van der Waals surface area contributed by atoms with Gasteiger partial charge >= 0.3 is 0 Å². The smallest absolute Gasteiger partial charge is 0.248 e. The standard InChI is InChI=1S/C21H31N7O4/c1-11(19-25-23-12(2)32-19)22-18(30)16-8-14(29)9-27(16)20(31)17(21(3,4)5)28-10-15(24-26-28)13-6-7-13/h10-11,13-14,16-17,29H,6-9H2,1-5H3,(H,22,30)/t11?,14?,16?,17-/m0/s1. The Morgan fingerprint density at radius 3 is 2.56 bits per heavy atom. The lowest BCUT2D eigenvalue weighted by Gasteiger charge is -2.34. The number of aliphatic hydroxyl groups excluding tert-OH is 1. The van der Waals surface area contributed by atoms with Gasteiger partial charge in [-0.2, -0.15) is 0 Å². The fourth-order valence-corrected chi connectivity index (χ4v) is 4.18. The number of amides is 2. The molecular formula is C21H31N7O4. The lowest BCUT2D eigenvalue weighted by atomic mass is 9.85. The van der Waals surface area contributed by atoms with E-state index in [1.54, 1.807) is 18.5 Å². The summed E-state index contributed by atoms with van der Waals surface area (Å²) in [5.74, 6) is 0.475. The van der Waals surface area contributed by atoms with Gasteiger partial charge in [0.05, 0.1) is 11.8 Å². The van der Waals surface area contributed by atoms with Crippen molar-refractivity contribution in [3.63, 3.8) is 0 Å². The number of carbonyl (C=O) groups is 2. The van der Waals surface area contributed by atoms with Crippen molar-refractivity contribution in [3.05, 3.63) is 23.7 Å². The van der Waals surface area contributed by atoms with Crippen molar-refractivity contribution >= 4 is 11.8 Å². The second kappa shape index (κ2) is 8.27. The van der Waals surface area contributed by atoms with Crippen LogP contribution in [0.4, 0.5) is 0 Å². The van der Waals surface area contributed by atoms with Gasteiger partial charge in [0.1, 0.15) is 18.1 Å². The summed E-state index contributed by atoms with van der Waals surface area (Å²) >= 11 is 0. The first-order chi connectivity index (χ1) is 15.0. The zero-order valence-corrected chi connectivity index (χ0v) is 19.1. The van der Waals surface area contributed by atoms with Crippen LogP contribution in [0.2, 0.25) is 0 Å². The van der Waals surface area contributed by atoms with E-state index in [0.717, 1.165) is 18.5 Å². The van der Waals surface area contributed by atoms with E-state index in [9.17, 15) is 14.7 Å². The number of aryl methyl sites for hydroxylation is 1. The number of likely N-dealkylation sites (tertiary alicyclic amines) is 1. The second-order valence-corrected chi connectivity index (χ2v) is 9.95. The molecule has 1 saturated carbocycles. The summed E-state index contributed by atoms with van der Waals surface area (Å²) < 4.78 is 7.00. The molecule has 2 N–H and O–H groups in total. The number of hydrogen-bond donors (Lipinski definition) is 2. The fourth-order valence-electron chi connectivity index (χ4n) is 4.18. The van der Waals surface area contributed by atoms with E-state index in [4.69, 9.17) is 4.42 Å². The molecule has 2 aliphatic rings. The summed E-state index contributed by atoms with van der Waals surface area (Å²) in [5, 5.41) is 29.4. The maximum absolute atomic E-state index is 13.7. The van der Waals surface area contributed by atoms with E-state index in [1.165, 1.54) is 4.90 Å². The fraction of sp³-hybridized carbons (Fsp3) is 0.714. The van der Waals surface area contributed by atoms with E-state index in [1.807, 2.05) is 27.0 Å². The van der Waals surface area contributed by atoms with Gasteiger partial charge in [-0.15, -0.1) is 15.3 Å². The first kappa shape index (κ1) is 22.4. The Hall–Kier alpha value is -2.82. The molecule has 3 unspecified atom stereocenters. The molecule has 0 spiro atoms. The number of β-amino-alcohol motifs (C(OH)–C–C–N with tert-alkyl or cyclic N) is 1. The van der Waals surface area contributed by atoms with E-state index < -0.39 is 29.6 Å². The average Bonchev–Trinajstić information content (AvgIpc) is 3.09. The Bertz CT molecular complexity index is 990. The Kier molecular flexibility index (Phi) is 5.78. The Morgan fingerprint density at radius 1 is 1.25 bits per heavy atom. The predicted octanol–water partition coefficient (Wildman–Crippen LogP) is 1.27. The Labute approximate surface area is 186 Å². The van der Waals surface area contributed by atoms with Crippen molar-refractivity contribution in [1.82, 2.24) is 35.4 Å². The molecule has 1 aliphatic carbocycles. The van der Waals surface area contributed by atoms with E-state index in [0.29, 0.717) is 11.8 Å². The first-order valence-corrected chi connectivity index (χ1v) is 11.0. The van der Waals surface area contributed by atoms with Crippen LogP contribution in [0.1, 0.15) is 82.4 Å². The number of rotatable bonds is 6. The lowest BCUT2D eigenvalue weighted by molar-refractivity contribution is -0.144. The van der Waals surface area contributed by atoms with Crippen LogP contribution < -0.4 is 5.32 Å². The van der Waals surface area contributed by atoms with Crippen LogP contribution in [0.15, 0.2) is 10.6 Å². The molecular weight excluding hydrogens is 414 g/mol. The van der Waals surface area contributed by atoms with E-state index in [2.05, 4.69) is 25.8 Å². The van der Waals surface area contributed by atoms with Gasteiger partial charge in [-0.05, 0) is 25.2 Å². The number of aromatic nitrogens is 5. The normalized spacial score (nSPS) is 23.2. The van der Waals surface area contributed by atoms with Crippen molar-refractivity contribution < 1.29 is 19.1 Å². The van der Waals surface area contributed by atoms with Crippen molar-refractivity contribution in [2.24, 2.45) is 5.41 Å². The summed E-state index contributed by atoms with van der Waals surface area (Å²) in [4.78, 5) is 28.2. The minimum atomic E-state index is -0.805. The summed E-state index contributed by atoms with van der Waals surface area (Å²) in [6, 6.07) is -1.98. The molecule has 11 nitrogen and oxygen atoms in total. The molecule has 0 bridgehead atoms. The second-order valence-electron chi connectivity index (χ2n) is 9.95. The number of nitrogens with zero attached hydrogens (tertiary/aromatic N) is 6. The van der Waals surface area contributed by atoms with E-state index >= 15 is 0 Å². The van der Waals surface area contributed by atoms with Crippen LogP contribution in [-0.4, -0.2) is 65.7 Å². The third-order valence-corrected chi connectivity index (χ3v) is 5.98. The van der Waals surface area contributed by atoms with Crippen molar-refractivity contribution in [1.29, 1.82) is 0 Å². The highest BCUT2D eigenvalue weighted by atomic mass is 16.4. The molecule has 0 radical (unpaired) electrons. The predicted molar refractivity (Wildman–Crippen MR) is 112 cm³/mol. The van der Waals surface area contributed by atoms with Crippen LogP contribution in [0.5, 0.6) is 0 Å². The molecule has 1 aliphatic heterocycles. The number of carbonyl (C=O) groups excluding carboxylic acids is 2. The first-order valence-electron chi connectivity index (χ1n) is 11.0. The van der Waals surface area contributed by atoms with Gasteiger partial charge in [-0.25, -0.2) is 4.68 Å². The van der Waals surface area contributed by atoms with Crippen LogP contribution in [0.25, 0.3) is 0 Å². The molecule has 0 aromatic carbocycles. The van der Waals surface area contributed by atoms with Crippen LogP contribution in [0, 0.1) is 12.3 Å². The van der Waals surface area contributed by atoms with Gasteiger partial charge in [0.2, 0.25) is 23.6 Å². The maximum atomic E-state index is 13.7. The summed E-state index contributed by atoms with van der Waals surface area (Å²) in [5.41, 5.74) is 0.417. The number of nitrogens with one attached hydrogen (secondary N) is 1. The quantitative estimate of drug-likeness (QED) is 0.678. The summed E-state index contributed by atoms with van der Waals surface area (Å²) in [6.07, 6.45) is 3.40. The third kappa shape index (κ3) is 4.52. The van der Waals surface area contributed by atoms with E-state index in [-0.39, 0.29) is 30.7 Å². The highest BCUT2D eigenvalue weighted by Gasteiger charge is 2.45. The SMILES string of the molecule is Cc1nnc(C(C)NC(=O)C2CC(O)CN2C(=O)[C@H](n2cc(C3CC3)nn2)C(C)(C)C)o1. The highest BCUT2D eigenvalue weighted by molar-refractivity contribution is 5.90. The molecule has 4 rings (SSSR count). The minimum Gasteiger partial charge on any atom is -0.423 e. The average molecular weight is 446 g/mol. The van der Waals surface area contributed by atoms with Crippen LogP contribution in [-0.2, 0) is 9.59 Å². The molecule has 2 amide bonds. The van der Waals surface area contributed by atoms with Crippen molar-refractivity contribution in [3.8, 4) is 0 Å². The summed E-state index contributed by atoms with van der Waals surface area (Å²) in [7, 11) is 0. The third-order valence-electron chi connectivity index (χ3n) is 5.98. The monoisotopic (exact) mass is 445 g/mol. The van der Waals surface area contributed by atoms with Crippen molar-refractivity contribution in [2.75, 3.05) is 6.54 Å². The minimum absolute atomic E-state index is 0.0850. The molecule has 32 heavy (non-hydrogen) atoms. The molecule has 11 heteroatoms. The molecule has 2 aromatic heterocycles. The molecule has 3 heterocycles. The van der Waals surface area contributed by atoms with Crippen LogP contribution >= 0.6 is 0 Å². The van der Waals surface area contributed by atoms with Crippen molar-refractivity contribution in [2.45, 2.75) is 84.0 Å². The maximum Gasteiger partial charge on any atom is 0.248 e. The van der Waals surface area contributed by atoms with Gasteiger partial charge in [0, 0.05) is 32.0 Å². The number of hydrogen-bond acceptors (Lipinski definition) is 8. The van der Waals surface area contributed by atoms with Crippen LogP contribution in [0.3, 0.4) is 0 Å². The molecule has 1 saturated heterocycles. The molecule has 174 valence electrons. The number of aliphatic hydroxyl groups is 1.